The first-order chi connectivity index (χ1) is 14.7. The average Bonchev–Trinajstić information content (AvgIpc) is 3.47. The fourth-order valence-electron chi connectivity index (χ4n) is 3.45. The molecule has 0 aliphatic carbocycles. The Balaban J connectivity index is 0.00000272. The van der Waals surface area contributed by atoms with Crippen LogP contribution in [-0.2, 0) is 13.1 Å². The van der Waals surface area contributed by atoms with E-state index in [0.29, 0.717) is 24.9 Å². The highest BCUT2D eigenvalue weighted by Crippen LogP contribution is 2.19. The van der Waals surface area contributed by atoms with Crippen LogP contribution in [0.5, 0.6) is 0 Å². The maximum Gasteiger partial charge on any atom is 0.226 e. The van der Waals surface area contributed by atoms with Crippen molar-refractivity contribution >= 4 is 35.8 Å². The van der Waals surface area contributed by atoms with Gasteiger partial charge in [-0.1, -0.05) is 23.8 Å². The molecule has 1 fully saturated rings. The molecule has 0 bridgehead atoms. The van der Waals surface area contributed by atoms with E-state index in [2.05, 4.69) is 61.7 Å². The third-order valence-corrected chi connectivity index (χ3v) is 5.21. The Morgan fingerprint density at radius 3 is 2.48 bits per heavy atom. The molecule has 3 aromatic rings. The zero-order valence-electron chi connectivity index (χ0n) is 18.0. The highest BCUT2D eigenvalue weighted by molar-refractivity contribution is 14.0. The van der Waals surface area contributed by atoms with Gasteiger partial charge in [0.2, 0.25) is 5.89 Å². The third kappa shape index (κ3) is 6.19. The van der Waals surface area contributed by atoms with Gasteiger partial charge >= 0.3 is 0 Å². The normalized spacial score (nSPS) is 13.7. The van der Waals surface area contributed by atoms with E-state index in [4.69, 9.17) is 4.42 Å². The molecule has 8 heteroatoms. The fourth-order valence-corrected chi connectivity index (χ4v) is 3.45. The van der Waals surface area contributed by atoms with Crippen molar-refractivity contribution in [2.24, 2.45) is 4.99 Å². The van der Waals surface area contributed by atoms with E-state index in [1.165, 1.54) is 18.4 Å². The topological polar surface area (TPSA) is 78.6 Å². The van der Waals surface area contributed by atoms with E-state index in [9.17, 15) is 0 Å². The number of aryl methyl sites for hydroxylation is 1. The summed E-state index contributed by atoms with van der Waals surface area (Å²) in [5, 5.41) is 6.59. The molecule has 3 heterocycles. The monoisotopic (exact) mass is 532 g/mol. The number of guanidine groups is 1. The molecular weight excluding hydrogens is 503 g/mol. The van der Waals surface area contributed by atoms with Crippen molar-refractivity contribution in [2.45, 2.75) is 32.9 Å². The van der Waals surface area contributed by atoms with E-state index in [-0.39, 0.29) is 24.0 Å². The Hall–Kier alpha value is -2.62. The lowest BCUT2D eigenvalue weighted by Crippen LogP contribution is -2.36. The van der Waals surface area contributed by atoms with Crippen LogP contribution >= 0.6 is 24.0 Å². The maximum absolute atomic E-state index is 5.62. The summed E-state index contributed by atoms with van der Waals surface area (Å²) in [5.41, 5.74) is 4.12. The number of hydrogen-bond donors (Lipinski definition) is 2. The van der Waals surface area contributed by atoms with Crippen molar-refractivity contribution in [3.05, 3.63) is 65.7 Å². The number of pyridine rings is 1. The van der Waals surface area contributed by atoms with Crippen LogP contribution in [0.25, 0.3) is 11.5 Å². The van der Waals surface area contributed by atoms with Gasteiger partial charge < -0.3 is 20.0 Å². The number of nitrogens with zero attached hydrogens (tertiary/aromatic N) is 4. The molecular formula is C23H29IN6O. The first-order valence-electron chi connectivity index (χ1n) is 10.4. The number of halogens is 1. The zero-order valence-corrected chi connectivity index (χ0v) is 20.3. The highest BCUT2D eigenvalue weighted by atomic mass is 127. The highest BCUT2D eigenvalue weighted by Gasteiger charge is 2.13. The standard InChI is InChI=1S/C23H28N6O.HI/c1-17-5-8-19(9-6-17)22-28-20(16-30-22)15-27-23(24-2)26-14-18-7-10-21(25-13-18)29-11-3-4-12-29;/h5-10,13,16H,3-4,11-12,14-15H2,1-2H3,(H2,24,26,27);1H. The third-order valence-electron chi connectivity index (χ3n) is 5.21. The van der Waals surface area contributed by atoms with Crippen LogP contribution < -0.4 is 15.5 Å². The van der Waals surface area contributed by atoms with Crippen LogP contribution in [0.2, 0.25) is 0 Å². The van der Waals surface area contributed by atoms with Crippen molar-refractivity contribution in [2.75, 3.05) is 25.0 Å². The summed E-state index contributed by atoms with van der Waals surface area (Å²) in [4.78, 5) is 15.8. The van der Waals surface area contributed by atoms with Gasteiger partial charge in [0.15, 0.2) is 5.96 Å². The summed E-state index contributed by atoms with van der Waals surface area (Å²) in [6.45, 7) is 5.45. The Bertz CT molecular complexity index is 978. The lowest BCUT2D eigenvalue weighted by atomic mass is 10.1. The molecule has 7 nitrogen and oxygen atoms in total. The predicted octanol–water partition coefficient (Wildman–Crippen LogP) is 4.13. The minimum absolute atomic E-state index is 0. The molecule has 1 saturated heterocycles. The summed E-state index contributed by atoms with van der Waals surface area (Å²) in [6, 6.07) is 12.3. The second-order valence-corrected chi connectivity index (χ2v) is 7.51. The number of benzene rings is 1. The molecule has 31 heavy (non-hydrogen) atoms. The zero-order chi connectivity index (χ0) is 20.8. The van der Waals surface area contributed by atoms with Crippen molar-refractivity contribution < 1.29 is 4.42 Å². The lowest BCUT2D eigenvalue weighted by molar-refractivity contribution is 0.572. The van der Waals surface area contributed by atoms with Gasteiger partial charge in [-0.25, -0.2) is 9.97 Å². The molecule has 0 atom stereocenters. The van der Waals surface area contributed by atoms with E-state index < -0.39 is 0 Å². The smallest absolute Gasteiger partial charge is 0.226 e. The van der Waals surface area contributed by atoms with Crippen LogP contribution in [0.3, 0.4) is 0 Å². The Kier molecular flexibility index (Phi) is 8.27. The number of aromatic nitrogens is 2. The van der Waals surface area contributed by atoms with Gasteiger partial charge in [-0.15, -0.1) is 24.0 Å². The summed E-state index contributed by atoms with van der Waals surface area (Å²) >= 11 is 0. The molecule has 0 radical (unpaired) electrons. The van der Waals surface area contributed by atoms with E-state index in [0.717, 1.165) is 35.7 Å². The van der Waals surface area contributed by atoms with E-state index in [1.807, 2.05) is 18.3 Å². The van der Waals surface area contributed by atoms with Crippen LogP contribution in [-0.4, -0.2) is 36.1 Å². The number of nitrogens with one attached hydrogen (secondary N) is 2. The van der Waals surface area contributed by atoms with Crippen molar-refractivity contribution in [1.82, 2.24) is 20.6 Å². The SMILES string of the molecule is CN=C(NCc1ccc(N2CCCC2)nc1)NCc1coc(-c2ccc(C)cc2)n1.I. The molecule has 0 saturated carbocycles. The van der Waals surface area contributed by atoms with E-state index in [1.54, 1.807) is 13.3 Å². The number of hydrogen-bond acceptors (Lipinski definition) is 5. The van der Waals surface area contributed by atoms with E-state index >= 15 is 0 Å². The number of anilines is 1. The molecule has 0 unspecified atom stereocenters. The maximum atomic E-state index is 5.62. The number of rotatable bonds is 6. The molecule has 2 aromatic heterocycles. The minimum atomic E-state index is 0. The minimum Gasteiger partial charge on any atom is -0.444 e. The van der Waals surface area contributed by atoms with Gasteiger partial charge in [0.1, 0.15) is 12.1 Å². The van der Waals surface area contributed by atoms with Crippen molar-refractivity contribution in [3.8, 4) is 11.5 Å². The second kappa shape index (κ2) is 11.1. The first-order valence-corrected chi connectivity index (χ1v) is 10.4. The van der Waals surface area contributed by atoms with Gasteiger partial charge in [-0.05, 0) is 43.5 Å². The fraction of sp³-hybridized carbons (Fsp3) is 0.348. The van der Waals surface area contributed by atoms with Gasteiger partial charge in [0.05, 0.1) is 12.2 Å². The Labute approximate surface area is 200 Å². The van der Waals surface area contributed by atoms with Gasteiger partial charge in [0.25, 0.3) is 0 Å². The summed E-state index contributed by atoms with van der Waals surface area (Å²) in [6.07, 6.45) is 6.12. The Morgan fingerprint density at radius 1 is 1.06 bits per heavy atom. The summed E-state index contributed by atoms with van der Waals surface area (Å²) in [7, 11) is 1.75. The van der Waals surface area contributed by atoms with Gasteiger partial charge in [0, 0.05) is 38.4 Å². The van der Waals surface area contributed by atoms with Gasteiger partial charge in [-0.3, -0.25) is 4.99 Å². The largest absolute Gasteiger partial charge is 0.444 e. The molecule has 0 spiro atoms. The quantitative estimate of drug-likeness (QED) is 0.283. The number of aliphatic imine (C=N–C) groups is 1. The average molecular weight is 532 g/mol. The molecule has 1 aliphatic rings. The lowest BCUT2D eigenvalue weighted by Gasteiger charge is -2.16. The van der Waals surface area contributed by atoms with Crippen LogP contribution in [0.4, 0.5) is 5.82 Å². The van der Waals surface area contributed by atoms with Crippen molar-refractivity contribution in [3.63, 3.8) is 0 Å². The molecule has 4 rings (SSSR count). The molecule has 1 aliphatic heterocycles. The molecule has 1 aromatic carbocycles. The number of oxazole rings is 1. The van der Waals surface area contributed by atoms with Crippen LogP contribution in [0, 0.1) is 6.92 Å². The predicted molar refractivity (Wildman–Crippen MR) is 135 cm³/mol. The first kappa shape index (κ1) is 23.1. The van der Waals surface area contributed by atoms with Crippen LogP contribution in [0.1, 0.15) is 29.7 Å². The second-order valence-electron chi connectivity index (χ2n) is 7.51. The van der Waals surface area contributed by atoms with Crippen LogP contribution in [0.15, 0.2) is 58.3 Å². The molecule has 164 valence electrons. The molecule has 2 N–H and O–H groups in total. The molecule has 0 amide bonds. The summed E-state index contributed by atoms with van der Waals surface area (Å²) < 4.78 is 5.62. The Morgan fingerprint density at radius 2 is 1.81 bits per heavy atom. The van der Waals surface area contributed by atoms with Crippen molar-refractivity contribution in [1.29, 1.82) is 0 Å². The van der Waals surface area contributed by atoms with Gasteiger partial charge in [-0.2, -0.15) is 0 Å². The summed E-state index contributed by atoms with van der Waals surface area (Å²) in [5.74, 6) is 2.39.